The summed E-state index contributed by atoms with van der Waals surface area (Å²) >= 11 is 0. The van der Waals surface area contributed by atoms with E-state index in [1.54, 1.807) is 19.2 Å². The predicted molar refractivity (Wildman–Crippen MR) is 117 cm³/mol. The Kier molecular flexibility index (Phi) is 6.33. The van der Waals surface area contributed by atoms with E-state index in [2.05, 4.69) is 16.0 Å². The highest BCUT2D eigenvalue weighted by molar-refractivity contribution is 5.94. The first-order valence-corrected chi connectivity index (χ1v) is 10.6. The van der Waals surface area contributed by atoms with E-state index < -0.39 is 0 Å². The fourth-order valence-corrected chi connectivity index (χ4v) is 4.80. The number of hydrogen-bond donors (Lipinski definition) is 3. The van der Waals surface area contributed by atoms with Crippen molar-refractivity contribution in [3.8, 4) is 5.75 Å². The number of methoxy groups -OCH3 is 1. The van der Waals surface area contributed by atoms with Crippen molar-refractivity contribution in [1.29, 1.82) is 0 Å². The van der Waals surface area contributed by atoms with Crippen LogP contribution in [0.4, 0.5) is 5.69 Å². The Hall–Kier alpha value is -2.86. The predicted octanol–water partition coefficient (Wildman–Crippen LogP) is 3.35. The van der Waals surface area contributed by atoms with E-state index in [1.807, 2.05) is 42.5 Å². The molecule has 2 heterocycles. The fourth-order valence-electron chi connectivity index (χ4n) is 4.80. The molecule has 2 aromatic carbocycles. The van der Waals surface area contributed by atoms with Gasteiger partial charge in [-0.25, -0.2) is 0 Å². The van der Waals surface area contributed by atoms with E-state index in [1.165, 1.54) is 0 Å². The van der Waals surface area contributed by atoms with E-state index in [-0.39, 0.29) is 17.9 Å². The summed E-state index contributed by atoms with van der Waals surface area (Å²) < 4.78 is 5.21. The van der Waals surface area contributed by atoms with Gasteiger partial charge in [-0.15, -0.1) is 0 Å². The lowest BCUT2D eigenvalue weighted by Gasteiger charge is -2.43. The molecule has 3 N–H and O–H groups in total. The number of amides is 2. The lowest BCUT2D eigenvalue weighted by atomic mass is 9.77. The Morgan fingerprint density at radius 2 is 1.73 bits per heavy atom. The monoisotopic (exact) mass is 407 g/mol. The van der Waals surface area contributed by atoms with Crippen LogP contribution in [0.3, 0.4) is 0 Å². The number of para-hydroxylation sites is 1. The lowest BCUT2D eigenvalue weighted by Crippen LogP contribution is -2.56. The van der Waals surface area contributed by atoms with E-state index in [0.29, 0.717) is 35.7 Å². The van der Waals surface area contributed by atoms with Gasteiger partial charge in [-0.05, 0) is 61.9 Å². The fraction of sp³-hybridized carbons (Fsp3) is 0.417. The normalized spacial score (nSPS) is 25.2. The van der Waals surface area contributed by atoms with Gasteiger partial charge in [0.25, 0.3) is 5.91 Å². The van der Waals surface area contributed by atoms with E-state index in [9.17, 15) is 9.59 Å². The molecule has 2 amide bonds. The van der Waals surface area contributed by atoms with Crippen LogP contribution in [-0.4, -0.2) is 37.0 Å². The van der Waals surface area contributed by atoms with Gasteiger partial charge in [-0.2, -0.15) is 0 Å². The van der Waals surface area contributed by atoms with Crippen LogP contribution >= 0.6 is 0 Å². The van der Waals surface area contributed by atoms with Crippen molar-refractivity contribution in [3.05, 3.63) is 60.2 Å². The van der Waals surface area contributed by atoms with Crippen molar-refractivity contribution < 1.29 is 14.3 Å². The van der Waals surface area contributed by atoms with Gasteiger partial charge in [0.05, 0.1) is 7.11 Å². The Morgan fingerprint density at radius 3 is 2.43 bits per heavy atom. The van der Waals surface area contributed by atoms with Crippen molar-refractivity contribution >= 4 is 17.5 Å². The molecule has 2 saturated heterocycles. The van der Waals surface area contributed by atoms with Crippen LogP contribution in [-0.2, 0) is 4.79 Å². The quantitative estimate of drug-likeness (QED) is 0.686. The third kappa shape index (κ3) is 5.19. The number of carbonyl (C=O) groups is 2. The molecular formula is C24H29N3O3. The summed E-state index contributed by atoms with van der Waals surface area (Å²) in [5, 5.41) is 9.84. The molecule has 2 fully saturated rings. The third-order valence-electron chi connectivity index (χ3n) is 6.04. The standard InChI is InChI=1S/C24H29N3O3/c1-30-22-9-5-6-17(13-22)24(29)27-21-14-19-10-16(11-20(15-21)25-19)12-23(28)26-18-7-3-2-4-8-18/h2-9,13,16,19-21,25H,10-12,14-15H2,1H3,(H,26,28)(H,27,29). The summed E-state index contributed by atoms with van der Waals surface area (Å²) in [5.41, 5.74) is 1.46. The zero-order valence-electron chi connectivity index (χ0n) is 17.3. The molecule has 6 heteroatoms. The number of anilines is 1. The molecule has 2 bridgehead atoms. The maximum Gasteiger partial charge on any atom is 0.251 e. The van der Waals surface area contributed by atoms with Crippen LogP contribution in [0.15, 0.2) is 54.6 Å². The summed E-state index contributed by atoms with van der Waals surface area (Å²) in [4.78, 5) is 25.1. The van der Waals surface area contributed by atoms with Crippen LogP contribution in [0.1, 0.15) is 42.5 Å². The van der Waals surface area contributed by atoms with Crippen molar-refractivity contribution in [2.24, 2.45) is 5.92 Å². The van der Waals surface area contributed by atoms with E-state index >= 15 is 0 Å². The van der Waals surface area contributed by atoms with Crippen molar-refractivity contribution in [3.63, 3.8) is 0 Å². The molecule has 2 unspecified atom stereocenters. The smallest absolute Gasteiger partial charge is 0.251 e. The van der Waals surface area contributed by atoms with Gasteiger partial charge in [-0.3, -0.25) is 9.59 Å². The average molecular weight is 408 g/mol. The van der Waals surface area contributed by atoms with E-state index in [0.717, 1.165) is 31.4 Å². The van der Waals surface area contributed by atoms with Gasteiger partial charge < -0.3 is 20.7 Å². The number of ether oxygens (including phenoxy) is 1. The molecular weight excluding hydrogens is 378 g/mol. The minimum atomic E-state index is -0.0577. The molecule has 0 radical (unpaired) electrons. The summed E-state index contributed by atoms with van der Waals surface area (Å²) in [6.07, 6.45) is 4.25. The Labute approximate surface area is 177 Å². The first kappa shape index (κ1) is 20.4. The largest absolute Gasteiger partial charge is 0.497 e. The molecule has 0 aromatic heterocycles. The van der Waals surface area contributed by atoms with Crippen LogP contribution < -0.4 is 20.7 Å². The summed E-state index contributed by atoms with van der Waals surface area (Å²) in [5.74, 6) is 1.08. The molecule has 0 spiro atoms. The topological polar surface area (TPSA) is 79.5 Å². The number of piperidine rings is 2. The molecule has 4 rings (SSSR count). The first-order chi connectivity index (χ1) is 14.6. The average Bonchev–Trinajstić information content (AvgIpc) is 2.73. The molecule has 158 valence electrons. The second-order valence-electron chi connectivity index (χ2n) is 8.39. The number of carbonyl (C=O) groups excluding carboxylic acids is 2. The summed E-state index contributed by atoms with van der Waals surface area (Å²) in [7, 11) is 1.60. The molecule has 6 nitrogen and oxygen atoms in total. The summed E-state index contributed by atoms with van der Waals surface area (Å²) in [6, 6.07) is 17.6. The Morgan fingerprint density at radius 1 is 1.00 bits per heavy atom. The van der Waals surface area contributed by atoms with Gasteiger partial charge >= 0.3 is 0 Å². The highest BCUT2D eigenvalue weighted by Gasteiger charge is 2.36. The molecule has 0 aliphatic carbocycles. The van der Waals surface area contributed by atoms with Gasteiger partial charge in [0, 0.05) is 35.8 Å². The van der Waals surface area contributed by atoms with Crippen molar-refractivity contribution in [2.75, 3.05) is 12.4 Å². The second-order valence-corrected chi connectivity index (χ2v) is 8.39. The number of rotatable bonds is 6. The molecule has 2 aliphatic rings. The van der Waals surface area contributed by atoms with Gasteiger partial charge in [0.2, 0.25) is 5.91 Å². The maximum absolute atomic E-state index is 12.6. The number of fused-ring (bicyclic) bond motifs is 2. The van der Waals surface area contributed by atoms with Crippen molar-refractivity contribution in [1.82, 2.24) is 10.6 Å². The van der Waals surface area contributed by atoms with Crippen LogP contribution in [0.5, 0.6) is 5.75 Å². The minimum absolute atomic E-state index is 0.0577. The zero-order valence-corrected chi connectivity index (χ0v) is 17.3. The molecule has 0 saturated carbocycles. The van der Waals surface area contributed by atoms with Gasteiger partial charge in [0.15, 0.2) is 0 Å². The SMILES string of the molecule is COc1cccc(C(=O)NC2CC3CC(CC(=O)Nc4ccccc4)CC(C2)N3)c1. The van der Waals surface area contributed by atoms with Gasteiger partial charge in [-0.1, -0.05) is 24.3 Å². The third-order valence-corrected chi connectivity index (χ3v) is 6.04. The van der Waals surface area contributed by atoms with E-state index in [4.69, 9.17) is 4.74 Å². The number of hydrogen-bond acceptors (Lipinski definition) is 4. The molecule has 2 aromatic rings. The van der Waals surface area contributed by atoms with Crippen molar-refractivity contribution in [2.45, 2.75) is 50.2 Å². The molecule has 2 aliphatic heterocycles. The zero-order chi connectivity index (χ0) is 20.9. The highest BCUT2D eigenvalue weighted by atomic mass is 16.5. The highest BCUT2D eigenvalue weighted by Crippen LogP contribution is 2.32. The minimum Gasteiger partial charge on any atom is -0.497 e. The molecule has 2 atom stereocenters. The summed E-state index contributed by atoms with van der Waals surface area (Å²) in [6.45, 7) is 0. The van der Waals surface area contributed by atoms with Crippen LogP contribution in [0.2, 0.25) is 0 Å². The Balaban J connectivity index is 1.28. The van der Waals surface area contributed by atoms with Crippen LogP contribution in [0, 0.1) is 5.92 Å². The first-order valence-electron chi connectivity index (χ1n) is 10.6. The maximum atomic E-state index is 12.6. The lowest BCUT2D eigenvalue weighted by molar-refractivity contribution is -0.117. The number of benzene rings is 2. The van der Waals surface area contributed by atoms with Gasteiger partial charge in [0.1, 0.15) is 5.75 Å². The molecule has 30 heavy (non-hydrogen) atoms. The second kappa shape index (κ2) is 9.30. The Bertz CT molecular complexity index is 872. The number of nitrogens with one attached hydrogen (secondary N) is 3. The van der Waals surface area contributed by atoms with Crippen LogP contribution in [0.25, 0.3) is 0 Å².